The molecule has 8 nitrogen and oxygen atoms in total. The van der Waals surface area contributed by atoms with Crippen molar-refractivity contribution in [3.8, 4) is 0 Å². The highest BCUT2D eigenvalue weighted by Crippen LogP contribution is 2.14. The van der Waals surface area contributed by atoms with Gasteiger partial charge >= 0.3 is 12.0 Å². The Balaban J connectivity index is 1.80. The van der Waals surface area contributed by atoms with E-state index in [4.69, 9.17) is 5.11 Å². The molecule has 2 N–H and O–H groups in total. The average molecular weight is 267 g/mol. The summed E-state index contributed by atoms with van der Waals surface area (Å²) in [5.41, 5.74) is 0.543. The fraction of sp³-hybridized carbons (Fsp3) is 0.636. The molecule has 0 saturated carbocycles. The van der Waals surface area contributed by atoms with Crippen molar-refractivity contribution in [3.63, 3.8) is 0 Å². The van der Waals surface area contributed by atoms with Crippen LogP contribution in [0, 0.1) is 5.92 Å². The van der Waals surface area contributed by atoms with E-state index in [0.717, 1.165) is 19.5 Å². The van der Waals surface area contributed by atoms with Crippen LogP contribution in [-0.2, 0) is 17.9 Å². The quantitative estimate of drug-likeness (QED) is 0.794. The Bertz CT molecular complexity index is 473. The van der Waals surface area contributed by atoms with Crippen LogP contribution < -0.4 is 5.32 Å². The van der Waals surface area contributed by atoms with Crippen molar-refractivity contribution < 1.29 is 14.7 Å². The van der Waals surface area contributed by atoms with Gasteiger partial charge in [0.2, 0.25) is 0 Å². The number of nitrogens with zero attached hydrogens (tertiary/aromatic N) is 4. The maximum atomic E-state index is 11.8. The zero-order chi connectivity index (χ0) is 13.8. The lowest BCUT2D eigenvalue weighted by Gasteiger charge is -2.15. The summed E-state index contributed by atoms with van der Waals surface area (Å²) in [6, 6.07) is -0.114. The molecule has 8 heteroatoms. The molecule has 0 aliphatic carbocycles. The van der Waals surface area contributed by atoms with Crippen LogP contribution in [-0.4, -0.2) is 50.1 Å². The summed E-state index contributed by atoms with van der Waals surface area (Å²) in [4.78, 5) is 24.1. The summed E-state index contributed by atoms with van der Waals surface area (Å²) in [5, 5.41) is 18.8. The number of nitrogens with one attached hydrogen (secondary N) is 1. The van der Waals surface area contributed by atoms with Gasteiger partial charge in [0.25, 0.3) is 0 Å². The number of carbonyl (C=O) groups is 2. The van der Waals surface area contributed by atoms with Crippen molar-refractivity contribution in [1.29, 1.82) is 0 Å². The Morgan fingerprint density at radius 1 is 1.58 bits per heavy atom. The van der Waals surface area contributed by atoms with Crippen LogP contribution in [0.2, 0.25) is 0 Å². The lowest BCUT2D eigenvalue weighted by atomic mass is 10.2. The van der Waals surface area contributed by atoms with Gasteiger partial charge in [0.05, 0.1) is 12.7 Å². The van der Waals surface area contributed by atoms with Crippen LogP contribution in [0.25, 0.3) is 0 Å². The van der Waals surface area contributed by atoms with Crippen molar-refractivity contribution >= 4 is 12.0 Å². The van der Waals surface area contributed by atoms with Gasteiger partial charge in [-0.25, -0.2) is 9.48 Å². The maximum Gasteiger partial charge on any atom is 0.325 e. The molecule has 0 aromatic carbocycles. The number of hydrogen-bond acceptors (Lipinski definition) is 4. The van der Waals surface area contributed by atoms with Gasteiger partial charge in [-0.1, -0.05) is 12.1 Å². The SMILES string of the molecule is CC1CCN(C(=O)NCc2cn(CC(=O)O)nn2)C1. The monoisotopic (exact) mass is 267 g/mol. The highest BCUT2D eigenvalue weighted by atomic mass is 16.4. The van der Waals surface area contributed by atoms with E-state index in [0.29, 0.717) is 11.6 Å². The molecule has 19 heavy (non-hydrogen) atoms. The molecular weight excluding hydrogens is 250 g/mol. The lowest BCUT2D eigenvalue weighted by Crippen LogP contribution is -2.38. The Kier molecular flexibility index (Phi) is 3.98. The van der Waals surface area contributed by atoms with Crippen molar-refractivity contribution in [1.82, 2.24) is 25.2 Å². The summed E-state index contributed by atoms with van der Waals surface area (Å²) < 4.78 is 1.22. The first-order chi connectivity index (χ1) is 9.04. The molecule has 104 valence electrons. The predicted octanol–water partition coefficient (Wildman–Crippen LogP) is -0.0859. The highest BCUT2D eigenvalue weighted by Gasteiger charge is 2.22. The summed E-state index contributed by atoms with van der Waals surface area (Å²) >= 11 is 0. The van der Waals surface area contributed by atoms with Gasteiger partial charge in [-0.2, -0.15) is 0 Å². The topological polar surface area (TPSA) is 100 Å². The molecule has 2 heterocycles. The summed E-state index contributed by atoms with van der Waals surface area (Å²) in [5.74, 6) is -0.436. The zero-order valence-corrected chi connectivity index (χ0v) is 10.7. The Labute approximate surface area is 110 Å². The van der Waals surface area contributed by atoms with Crippen molar-refractivity contribution in [2.24, 2.45) is 5.92 Å². The molecule has 1 aromatic heterocycles. The van der Waals surface area contributed by atoms with Crippen LogP contribution >= 0.6 is 0 Å². The molecule has 1 aliphatic heterocycles. The normalized spacial score (nSPS) is 18.6. The second-order valence-corrected chi connectivity index (χ2v) is 4.80. The van der Waals surface area contributed by atoms with E-state index in [1.54, 1.807) is 4.90 Å². The van der Waals surface area contributed by atoms with Crippen LogP contribution in [0.1, 0.15) is 19.0 Å². The molecule has 0 bridgehead atoms. The Hall–Kier alpha value is -2.12. The second-order valence-electron chi connectivity index (χ2n) is 4.80. The van der Waals surface area contributed by atoms with Gasteiger partial charge in [0.15, 0.2) is 0 Å². The lowest BCUT2D eigenvalue weighted by molar-refractivity contribution is -0.137. The van der Waals surface area contributed by atoms with E-state index in [9.17, 15) is 9.59 Å². The third-order valence-corrected chi connectivity index (χ3v) is 3.02. The highest BCUT2D eigenvalue weighted by molar-refractivity contribution is 5.74. The van der Waals surface area contributed by atoms with Crippen molar-refractivity contribution in [3.05, 3.63) is 11.9 Å². The summed E-state index contributed by atoms with van der Waals surface area (Å²) in [6.45, 7) is 3.69. The van der Waals surface area contributed by atoms with E-state index in [2.05, 4.69) is 22.6 Å². The number of carboxylic acid groups (broad SMARTS) is 1. The van der Waals surface area contributed by atoms with Crippen LogP contribution in [0.5, 0.6) is 0 Å². The first-order valence-corrected chi connectivity index (χ1v) is 6.18. The molecule has 1 atom stereocenters. The first-order valence-electron chi connectivity index (χ1n) is 6.18. The minimum atomic E-state index is -0.980. The summed E-state index contributed by atoms with van der Waals surface area (Å²) in [7, 11) is 0. The number of carboxylic acids is 1. The summed E-state index contributed by atoms with van der Waals surface area (Å²) in [6.07, 6.45) is 2.54. The van der Waals surface area contributed by atoms with Crippen molar-refractivity contribution in [2.75, 3.05) is 13.1 Å². The fourth-order valence-electron chi connectivity index (χ4n) is 2.03. The van der Waals surface area contributed by atoms with E-state index in [1.807, 2.05) is 0 Å². The van der Waals surface area contributed by atoms with Crippen LogP contribution in [0.15, 0.2) is 6.20 Å². The molecular formula is C11H17N5O3. The molecule has 1 aliphatic rings. The fourth-order valence-corrected chi connectivity index (χ4v) is 2.03. The smallest absolute Gasteiger partial charge is 0.325 e. The first kappa shape index (κ1) is 13.3. The standard InChI is InChI=1S/C11H17N5O3/c1-8-2-3-15(5-8)11(19)12-4-9-6-16(14-13-9)7-10(17)18/h6,8H,2-5,7H2,1H3,(H,12,19)(H,17,18). The molecule has 1 unspecified atom stereocenters. The number of rotatable bonds is 4. The number of hydrogen-bond donors (Lipinski definition) is 2. The molecule has 1 saturated heterocycles. The van der Waals surface area contributed by atoms with Crippen molar-refractivity contribution in [2.45, 2.75) is 26.4 Å². The maximum absolute atomic E-state index is 11.8. The largest absolute Gasteiger partial charge is 0.480 e. The van der Waals surface area contributed by atoms with Crippen LogP contribution in [0.3, 0.4) is 0 Å². The number of aromatic nitrogens is 3. The second kappa shape index (κ2) is 5.68. The van der Waals surface area contributed by atoms with Gasteiger partial charge in [0.1, 0.15) is 12.2 Å². The number of amides is 2. The molecule has 1 aromatic rings. The minimum Gasteiger partial charge on any atom is -0.480 e. The van der Waals surface area contributed by atoms with E-state index < -0.39 is 5.97 Å². The van der Waals surface area contributed by atoms with Gasteiger partial charge in [-0.15, -0.1) is 5.10 Å². The number of carbonyl (C=O) groups excluding carboxylic acids is 1. The van der Waals surface area contributed by atoms with Gasteiger partial charge in [0, 0.05) is 13.1 Å². The number of likely N-dealkylation sites (tertiary alicyclic amines) is 1. The average Bonchev–Trinajstić information content (AvgIpc) is 2.94. The van der Waals surface area contributed by atoms with Gasteiger partial charge < -0.3 is 15.3 Å². The van der Waals surface area contributed by atoms with Crippen LogP contribution in [0.4, 0.5) is 4.79 Å². The van der Waals surface area contributed by atoms with E-state index in [1.165, 1.54) is 10.9 Å². The minimum absolute atomic E-state index is 0.114. The molecule has 1 fully saturated rings. The van der Waals surface area contributed by atoms with Gasteiger partial charge in [-0.05, 0) is 12.3 Å². The molecule has 2 rings (SSSR count). The number of urea groups is 1. The van der Waals surface area contributed by atoms with Gasteiger partial charge in [-0.3, -0.25) is 4.79 Å². The Morgan fingerprint density at radius 3 is 3.00 bits per heavy atom. The molecule has 2 amide bonds. The molecule has 0 radical (unpaired) electrons. The van der Waals surface area contributed by atoms with E-state index in [-0.39, 0.29) is 19.1 Å². The Morgan fingerprint density at radius 2 is 2.37 bits per heavy atom. The molecule has 0 spiro atoms. The third kappa shape index (κ3) is 3.67. The number of aliphatic carboxylic acids is 1. The zero-order valence-electron chi connectivity index (χ0n) is 10.7. The van der Waals surface area contributed by atoms with E-state index >= 15 is 0 Å². The third-order valence-electron chi connectivity index (χ3n) is 3.02. The predicted molar refractivity (Wildman–Crippen MR) is 65.2 cm³/mol.